The number of imidazole rings is 1. The van der Waals surface area contributed by atoms with Crippen LogP contribution in [-0.4, -0.2) is 27.0 Å². The number of pyridine rings is 1. The van der Waals surface area contributed by atoms with Gasteiger partial charge in [-0.25, -0.2) is 9.97 Å². The first-order valence-corrected chi connectivity index (χ1v) is 9.90. The molecule has 0 aliphatic carbocycles. The first-order chi connectivity index (χ1) is 14.1. The van der Waals surface area contributed by atoms with Crippen molar-refractivity contribution >= 4 is 28.4 Å². The van der Waals surface area contributed by atoms with E-state index >= 15 is 0 Å². The van der Waals surface area contributed by atoms with Crippen LogP contribution in [0.4, 0.5) is 0 Å². The number of aromatic nitrogens is 3. The molecule has 29 heavy (non-hydrogen) atoms. The summed E-state index contributed by atoms with van der Waals surface area (Å²) in [5.74, 6) is -0.0815. The smallest absolute Gasteiger partial charge is 0.252 e. The van der Waals surface area contributed by atoms with Crippen molar-refractivity contribution in [1.29, 1.82) is 0 Å². The fourth-order valence-electron chi connectivity index (χ4n) is 3.46. The Morgan fingerprint density at radius 1 is 1.14 bits per heavy atom. The molecule has 1 N–H and O–H groups in total. The van der Waals surface area contributed by atoms with Crippen LogP contribution in [0.1, 0.15) is 22.3 Å². The maximum absolute atomic E-state index is 13.1. The van der Waals surface area contributed by atoms with E-state index in [1.54, 1.807) is 12.5 Å². The van der Waals surface area contributed by atoms with E-state index in [9.17, 15) is 4.79 Å². The van der Waals surface area contributed by atoms with Gasteiger partial charge < -0.3 is 9.88 Å². The average molecular weight is 405 g/mol. The van der Waals surface area contributed by atoms with Gasteiger partial charge in [-0.2, -0.15) is 0 Å². The molecule has 2 aromatic heterocycles. The van der Waals surface area contributed by atoms with Crippen LogP contribution in [0.5, 0.6) is 0 Å². The molecule has 4 rings (SSSR count). The van der Waals surface area contributed by atoms with Crippen LogP contribution in [0.15, 0.2) is 67.3 Å². The summed E-state index contributed by atoms with van der Waals surface area (Å²) in [6, 6.07) is 15.3. The molecular formula is C23H21ClN4O. The highest BCUT2D eigenvalue weighted by Gasteiger charge is 2.18. The van der Waals surface area contributed by atoms with Crippen LogP contribution in [0.2, 0.25) is 5.02 Å². The number of benzene rings is 2. The second-order valence-electron chi connectivity index (χ2n) is 6.89. The highest BCUT2D eigenvalue weighted by Crippen LogP contribution is 2.30. The molecule has 0 bridgehead atoms. The van der Waals surface area contributed by atoms with Crippen molar-refractivity contribution in [2.45, 2.75) is 19.9 Å². The summed E-state index contributed by atoms with van der Waals surface area (Å²) in [6.45, 7) is 3.35. The van der Waals surface area contributed by atoms with E-state index in [0.29, 0.717) is 17.1 Å². The molecule has 5 nitrogen and oxygen atoms in total. The van der Waals surface area contributed by atoms with Gasteiger partial charge >= 0.3 is 0 Å². The number of hydrogen-bond acceptors (Lipinski definition) is 3. The monoisotopic (exact) mass is 404 g/mol. The molecule has 0 fully saturated rings. The van der Waals surface area contributed by atoms with Crippen LogP contribution in [0.3, 0.4) is 0 Å². The molecule has 0 saturated carbocycles. The van der Waals surface area contributed by atoms with E-state index in [1.807, 2.05) is 66.2 Å². The molecule has 146 valence electrons. The second-order valence-corrected chi connectivity index (χ2v) is 7.33. The SMILES string of the molecule is Cc1c(-c2ccc(Cl)cc2)nc2ccccc2c1C(=O)NCCCn1ccnc1. The maximum atomic E-state index is 13.1. The van der Waals surface area contributed by atoms with E-state index in [-0.39, 0.29) is 5.91 Å². The van der Waals surface area contributed by atoms with Crippen molar-refractivity contribution in [2.75, 3.05) is 6.54 Å². The number of halogens is 1. The number of nitrogens with zero attached hydrogens (tertiary/aromatic N) is 3. The Balaban J connectivity index is 1.63. The molecule has 0 saturated heterocycles. The highest BCUT2D eigenvalue weighted by molar-refractivity contribution is 6.30. The predicted octanol–water partition coefficient (Wildman–Crippen LogP) is 4.88. The summed E-state index contributed by atoms with van der Waals surface area (Å²) in [6.07, 6.45) is 6.28. The Bertz CT molecular complexity index is 1140. The van der Waals surface area contributed by atoms with Gasteiger partial charge in [0.1, 0.15) is 0 Å². The van der Waals surface area contributed by atoms with Crippen molar-refractivity contribution in [3.8, 4) is 11.3 Å². The van der Waals surface area contributed by atoms with Crippen LogP contribution in [0.25, 0.3) is 22.2 Å². The first kappa shape index (κ1) is 19.2. The van der Waals surface area contributed by atoms with Crippen LogP contribution in [0, 0.1) is 6.92 Å². The lowest BCUT2D eigenvalue weighted by atomic mass is 9.97. The van der Waals surface area contributed by atoms with E-state index in [2.05, 4.69) is 10.3 Å². The third kappa shape index (κ3) is 4.15. The molecule has 1 amide bonds. The molecule has 4 aromatic rings. The molecule has 0 atom stereocenters. The van der Waals surface area contributed by atoms with E-state index in [4.69, 9.17) is 16.6 Å². The number of carbonyl (C=O) groups is 1. The Hall–Kier alpha value is -3.18. The zero-order chi connectivity index (χ0) is 20.2. The molecule has 0 spiro atoms. The van der Waals surface area contributed by atoms with Gasteiger partial charge in [-0.15, -0.1) is 0 Å². The lowest BCUT2D eigenvalue weighted by Crippen LogP contribution is -2.26. The normalized spacial score (nSPS) is 11.0. The van der Waals surface area contributed by atoms with E-state index in [1.165, 1.54) is 0 Å². The van der Waals surface area contributed by atoms with Gasteiger partial charge in [-0.1, -0.05) is 41.9 Å². The van der Waals surface area contributed by atoms with Crippen LogP contribution < -0.4 is 5.32 Å². The van der Waals surface area contributed by atoms with Crippen LogP contribution >= 0.6 is 11.6 Å². The predicted molar refractivity (Wildman–Crippen MR) is 116 cm³/mol. The summed E-state index contributed by atoms with van der Waals surface area (Å²) in [5, 5.41) is 4.59. The minimum absolute atomic E-state index is 0.0815. The highest BCUT2D eigenvalue weighted by atomic mass is 35.5. The molecule has 0 aliphatic rings. The van der Waals surface area contributed by atoms with Crippen molar-refractivity contribution in [1.82, 2.24) is 19.9 Å². The number of aryl methyl sites for hydroxylation is 1. The number of rotatable bonds is 6. The topological polar surface area (TPSA) is 59.8 Å². The lowest BCUT2D eigenvalue weighted by molar-refractivity contribution is 0.0954. The average Bonchev–Trinajstić information content (AvgIpc) is 3.25. The van der Waals surface area contributed by atoms with Crippen molar-refractivity contribution < 1.29 is 4.79 Å². The third-order valence-corrected chi connectivity index (χ3v) is 5.17. The fraction of sp³-hybridized carbons (Fsp3) is 0.174. The molecule has 0 aliphatic heterocycles. The Labute approximate surface area is 174 Å². The standard InChI is InChI=1S/C23H21ClN4O/c1-16-21(23(29)26-11-4-13-28-14-12-25-15-28)19-5-2-3-6-20(19)27-22(16)17-7-9-18(24)10-8-17/h2-3,5-10,12,14-15H,4,11,13H2,1H3,(H,26,29). The van der Waals surface area contributed by atoms with Gasteiger partial charge in [-0.3, -0.25) is 4.79 Å². The van der Waals surface area contributed by atoms with Gasteiger partial charge in [0.25, 0.3) is 5.91 Å². The molecular weight excluding hydrogens is 384 g/mol. The van der Waals surface area contributed by atoms with Gasteiger partial charge in [0.2, 0.25) is 0 Å². The summed E-state index contributed by atoms with van der Waals surface area (Å²) >= 11 is 6.03. The fourth-order valence-corrected chi connectivity index (χ4v) is 3.59. The molecule has 6 heteroatoms. The minimum Gasteiger partial charge on any atom is -0.352 e. The van der Waals surface area contributed by atoms with Gasteiger partial charge in [0, 0.05) is 41.5 Å². The maximum Gasteiger partial charge on any atom is 0.252 e. The first-order valence-electron chi connectivity index (χ1n) is 9.52. The molecule has 2 aromatic carbocycles. The quantitative estimate of drug-likeness (QED) is 0.466. The number of nitrogens with one attached hydrogen (secondary N) is 1. The summed E-state index contributed by atoms with van der Waals surface area (Å²) in [4.78, 5) is 21.9. The molecule has 0 radical (unpaired) electrons. The number of fused-ring (bicyclic) bond motifs is 1. The molecule has 0 unspecified atom stereocenters. The second kappa shape index (κ2) is 8.45. The summed E-state index contributed by atoms with van der Waals surface area (Å²) in [5.41, 5.74) is 4.06. The Morgan fingerprint density at radius 3 is 2.69 bits per heavy atom. The summed E-state index contributed by atoms with van der Waals surface area (Å²) in [7, 11) is 0. The largest absolute Gasteiger partial charge is 0.352 e. The van der Waals surface area contributed by atoms with Gasteiger partial charge in [0.05, 0.1) is 23.1 Å². The number of amides is 1. The van der Waals surface area contributed by atoms with Crippen molar-refractivity contribution in [2.24, 2.45) is 0 Å². The summed E-state index contributed by atoms with van der Waals surface area (Å²) < 4.78 is 2.00. The minimum atomic E-state index is -0.0815. The van der Waals surface area contributed by atoms with Crippen molar-refractivity contribution in [3.63, 3.8) is 0 Å². The Kier molecular flexibility index (Phi) is 5.58. The zero-order valence-electron chi connectivity index (χ0n) is 16.1. The molecule has 2 heterocycles. The van der Waals surface area contributed by atoms with E-state index < -0.39 is 0 Å². The third-order valence-electron chi connectivity index (χ3n) is 4.92. The Morgan fingerprint density at radius 2 is 1.93 bits per heavy atom. The lowest BCUT2D eigenvalue weighted by Gasteiger charge is -2.15. The van der Waals surface area contributed by atoms with Crippen molar-refractivity contribution in [3.05, 3.63) is 83.4 Å². The number of hydrogen-bond donors (Lipinski definition) is 1. The van der Waals surface area contributed by atoms with E-state index in [0.717, 1.165) is 40.7 Å². The van der Waals surface area contributed by atoms with Crippen LogP contribution in [-0.2, 0) is 6.54 Å². The number of para-hydroxylation sites is 1. The van der Waals surface area contributed by atoms with Gasteiger partial charge in [0.15, 0.2) is 0 Å². The van der Waals surface area contributed by atoms with Gasteiger partial charge in [-0.05, 0) is 37.1 Å². The zero-order valence-corrected chi connectivity index (χ0v) is 16.9. The number of carbonyl (C=O) groups excluding carboxylic acids is 1.